The Morgan fingerprint density at radius 3 is 2.52 bits per heavy atom. The summed E-state index contributed by atoms with van der Waals surface area (Å²) in [5, 5.41) is 0.648. The number of thioether (sulfide) groups is 1. The van der Waals surface area contributed by atoms with Crippen LogP contribution in [0.25, 0.3) is 0 Å². The molecule has 6 heteroatoms. The van der Waals surface area contributed by atoms with Crippen molar-refractivity contribution in [1.82, 2.24) is 9.97 Å². The molecule has 0 aliphatic carbocycles. The average Bonchev–Trinajstić information content (AvgIpc) is 2.84. The van der Waals surface area contributed by atoms with Gasteiger partial charge in [0, 0.05) is 25.1 Å². The van der Waals surface area contributed by atoms with Crippen LogP contribution in [0.5, 0.6) is 0 Å². The maximum Gasteiger partial charge on any atom is 0.261 e. The Labute approximate surface area is 188 Å². The number of hydrogen-bond donors (Lipinski definition) is 0. The second-order valence-electron chi connectivity index (χ2n) is 7.35. The summed E-state index contributed by atoms with van der Waals surface area (Å²) in [7, 11) is 1.76. The summed E-state index contributed by atoms with van der Waals surface area (Å²) in [6, 6.07) is 18.3. The molecule has 0 aliphatic heterocycles. The molecule has 1 heterocycles. The van der Waals surface area contributed by atoms with Gasteiger partial charge < -0.3 is 9.64 Å². The molecule has 0 N–H and O–H groups in total. The summed E-state index contributed by atoms with van der Waals surface area (Å²) < 4.78 is 6.30. The Morgan fingerprint density at radius 1 is 1.10 bits per heavy atom. The number of aromatic nitrogens is 2. The van der Waals surface area contributed by atoms with Crippen LogP contribution in [0.3, 0.4) is 0 Å². The Bertz CT molecular complexity index is 964. The highest BCUT2D eigenvalue weighted by molar-refractivity contribution is 7.98. The zero-order valence-electron chi connectivity index (χ0n) is 18.3. The number of carbonyl (C=O) groups is 1. The molecule has 2 aromatic carbocycles. The topological polar surface area (TPSA) is 55.3 Å². The van der Waals surface area contributed by atoms with Gasteiger partial charge in [-0.2, -0.15) is 0 Å². The van der Waals surface area contributed by atoms with Crippen molar-refractivity contribution >= 4 is 23.4 Å². The second kappa shape index (κ2) is 11.6. The molecule has 5 nitrogen and oxygen atoms in total. The first-order valence-corrected chi connectivity index (χ1v) is 11.7. The fourth-order valence-electron chi connectivity index (χ4n) is 3.30. The van der Waals surface area contributed by atoms with E-state index in [-0.39, 0.29) is 12.0 Å². The fourth-order valence-corrected chi connectivity index (χ4v) is 3.61. The van der Waals surface area contributed by atoms with Crippen molar-refractivity contribution in [2.45, 2.75) is 44.1 Å². The fraction of sp³-hybridized carbons (Fsp3) is 0.320. The third-order valence-electron chi connectivity index (χ3n) is 5.10. The smallest absolute Gasteiger partial charge is 0.261 e. The molecule has 3 rings (SSSR count). The molecule has 0 saturated heterocycles. The molecular weight excluding hydrogens is 406 g/mol. The van der Waals surface area contributed by atoms with Crippen molar-refractivity contribution in [1.29, 1.82) is 0 Å². The lowest BCUT2D eigenvalue weighted by atomic mass is 10.0. The number of ether oxygens (including phenoxy) is 1. The molecular formula is C25H29N3O2S. The van der Waals surface area contributed by atoms with E-state index in [0.717, 1.165) is 30.5 Å². The first-order chi connectivity index (χ1) is 15.1. The van der Waals surface area contributed by atoms with E-state index in [2.05, 4.69) is 29.0 Å². The predicted molar refractivity (Wildman–Crippen MR) is 126 cm³/mol. The Kier molecular flexibility index (Phi) is 8.62. The van der Waals surface area contributed by atoms with Crippen molar-refractivity contribution in [3.8, 4) is 0 Å². The summed E-state index contributed by atoms with van der Waals surface area (Å²) in [6.07, 6.45) is 8.36. The summed E-state index contributed by atoms with van der Waals surface area (Å²) in [4.78, 5) is 22.8. The van der Waals surface area contributed by atoms with Crippen LogP contribution in [0.15, 0.2) is 72.1 Å². The lowest BCUT2D eigenvalue weighted by Crippen LogP contribution is -2.26. The van der Waals surface area contributed by atoms with Gasteiger partial charge in [0.2, 0.25) is 0 Å². The first-order valence-electron chi connectivity index (χ1n) is 10.5. The SMILES string of the molecule is CCCCC(OCc1cccc(N(C)C(=O)c2cnc(SC)nc2)c1)c1ccccc1. The molecule has 0 saturated carbocycles. The van der Waals surface area contributed by atoms with Crippen LogP contribution in [0.4, 0.5) is 5.69 Å². The van der Waals surface area contributed by atoms with E-state index in [4.69, 9.17) is 4.74 Å². The van der Waals surface area contributed by atoms with E-state index in [9.17, 15) is 4.79 Å². The van der Waals surface area contributed by atoms with Crippen LogP contribution in [-0.4, -0.2) is 29.2 Å². The van der Waals surface area contributed by atoms with Gasteiger partial charge in [0.25, 0.3) is 5.91 Å². The minimum atomic E-state index is -0.143. The number of unbranched alkanes of at least 4 members (excludes halogenated alkanes) is 1. The molecule has 162 valence electrons. The number of hydrogen-bond acceptors (Lipinski definition) is 5. The quantitative estimate of drug-likeness (QED) is 0.292. The standard InChI is InChI=1S/C25H29N3O2S/c1-4-5-14-23(20-11-7-6-8-12-20)30-18-19-10-9-13-22(15-19)28(2)24(29)21-16-26-25(31-3)27-17-21/h6-13,15-17,23H,4-5,14,18H2,1-3H3. The first kappa shape index (κ1) is 23.0. The summed E-state index contributed by atoms with van der Waals surface area (Å²) >= 11 is 1.45. The number of carbonyl (C=O) groups excluding carboxylic acids is 1. The normalized spacial score (nSPS) is 11.8. The van der Waals surface area contributed by atoms with E-state index < -0.39 is 0 Å². The van der Waals surface area contributed by atoms with Gasteiger partial charge in [0.1, 0.15) is 0 Å². The third kappa shape index (κ3) is 6.39. The molecule has 0 spiro atoms. The minimum absolute atomic E-state index is 0.0660. The van der Waals surface area contributed by atoms with Gasteiger partial charge in [0.05, 0.1) is 18.3 Å². The molecule has 0 aliphatic rings. The third-order valence-corrected chi connectivity index (χ3v) is 5.68. The van der Waals surface area contributed by atoms with Crippen LogP contribution in [0, 0.1) is 0 Å². The average molecular weight is 436 g/mol. The maximum absolute atomic E-state index is 12.8. The Balaban J connectivity index is 1.69. The molecule has 0 fully saturated rings. The van der Waals surface area contributed by atoms with Crippen LogP contribution in [0.2, 0.25) is 0 Å². The van der Waals surface area contributed by atoms with Crippen LogP contribution in [-0.2, 0) is 11.3 Å². The van der Waals surface area contributed by atoms with Gasteiger partial charge in [0.15, 0.2) is 5.16 Å². The van der Waals surface area contributed by atoms with E-state index in [1.807, 2.05) is 48.7 Å². The van der Waals surface area contributed by atoms with Gasteiger partial charge in [-0.05, 0) is 35.9 Å². The number of benzene rings is 2. The van der Waals surface area contributed by atoms with Gasteiger partial charge in [-0.3, -0.25) is 4.79 Å². The molecule has 1 atom stereocenters. The van der Waals surface area contributed by atoms with Gasteiger partial charge in [-0.15, -0.1) is 0 Å². The second-order valence-corrected chi connectivity index (χ2v) is 8.12. The molecule has 1 amide bonds. The molecule has 0 radical (unpaired) electrons. The summed E-state index contributed by atoms with van der Waals surface area (Å²) in [6.45, 7) is 2.68. The van der Waals surface area contributed by atoms with E-state index in [1.54, 1.807) is 24.3 Å². The van der Waals surface area contributed by atoms with Crippen molar-refractivity contribution in [2.75, 3.05) is 18.2 Å². The monoisotopic (exact) mass is 435 g/mol. The van der Waals surface area contributed by atoms with Crippen LogP contribution >= 0.6 is 11.8 Å². The number of amides is 1. The van der Waals surface area contributed by atoms with Crippen LogP contribution < -0.4 is 4.90 Å². The maximum atomic E-state index is 12.8. The Morgan fingerprint density at radius 2 is 1.84 bits per heavy atom. The molecule has 1 aromatic heterocycles. The lowest BCUT2D eigenvalue weighted by Gasteiger charge is -2.20. The van der Waals surface area contributed by atoms with Gasteiger partial charge in [-0.25, -0.2) is 9.97 Å². The molecule has 31 heavy (non-hydrogen) atoms. The molecule has 3 aromatic rings. The zero-order valence-corrected chi connectivity index (χ0v) is 19.1. The number of nitrogens with zero attached hydrogens (tertiary/aromatic N) is 3. The Hall–Kier alpha value is -2.70. The van der Waals surface area contributed by atoms with Gasteiger partial charge >= 0.3 is 0 Å². The van der Waals surface area contributed by atoms with Crippen molar-refractivity contribution in [3.05, 3.63) is 83.7 Å². The summed E-state index contributed by atoms with van der Waals surface area (Å²) in [5.74, 6) is -0.143. The van der Waals surface area contributed by atoms with Gasteiger partial charge in [-0.1, -0.05) is 74.0 Å². The van der Waals surface area contributed by atoms with Crippen LogP contribution in [0.1, 0.15) is 53.8 Å². The van der Waals surface area contributed by atoms with E-state index in [1.165, 1.54) is 17.3 Å². The zero-order chi connectivity index (χ0) is 22.1. The highest BCUT2D eigenvalue weighted by atomic mass is 32.2. The minimum Gasteiger partial charge on any atom is -0.369 e. The van der Waals surface area contributed by atoms with E-state index in [0.29, 0.717) is 17.3 Å². The number of anilines is 1. The largest absolute Gasteiger partial charge is 0.369 e. The predicted octanol–water partition coefficient (Wildman–Crippen LogP) is 5.92. The highest BCUT2D eigenvalue weighted by Crippen LogP contribution is 2.26. The lowest BCUT2D eigenvalue weighted by molar-refractivity contribution is 0.0324. The summed E-state index contributed by atoms with van der Waals surface area (Å²) in [5.41, 5.74) is 3.51. The van der Waals surface area contributed by atoms with Crippen molar-refractivity contribution in [2.24, 2.45) is 0 Å². The van der Waals surface area contributed by atoms with Crippen molar-refractivity contribution in [3.63, 3.8) is 0 Å². The molecule has 1 unspecified atom stereocenters. The van der Waals surface area contributed by atoms with Crippen molar-refractivity contribution < 1.29 is 9.53 Å². The number of rotatable bonds is 10. The highest BCUT2D eigenvalue weighted by Gasteiger charge is 2.16. The van der Waals surface area contributed by atoms with E-state index >= 15 is 0 Å². The molecule has 0 bridgehead atoms.